The van der Waals surface area contributed by atoms with E-state index in [4.69, 9.17) is 10.5 Å². The fourth-order valence-electron chi connectivity index (χ4n) is 1.82. The third-order valence-corrected chi connectivity index (χ3v) is 2.67. The Labute approximate surface area is 85.2 Å². The number of nitrogens with two attached hydrogens (primary N) is 1. The maximum atomic E-state index is 11.4. The lowest BCUT2D eigenvalue weighted by Gasteiger charge is -2.16. The number of rotatable bonds is 5. The van der Waals surface area contributed by atoms with Crippen molar-refractivity contribution in [3.05, 3.63) is 0 Å². The van der Waals surface area contributed by atoms with Crippen molar-refractivity contribution in [2.24, 2.45) is 5.73 Å². The highest BCUT2D eigenvalue weighted by molar-refractivity contribution is 5.76. The van der Waals surface area contributed by atoms with Crippen molar-refractivity contribution in [3.63, 3.8) is 0 Å². The quantitative estimate of drug-likeness (QED) is 0.632. The van der Waals surface area contributed by atoms with E-state index >= 15 is 0 Å². The molecule has 4 heteroatoms. The molecule has 1 aliphatic carbocycles. The topological polar surface area (TPSA) is 64.3 Å². The molecule has 2 atom stereocenters. The second-order valence-electron chi connectivity index (χ2n) is 3.87. The van der Waals surface area contributed by atoms with Crippen LogP contribution in [-0.4, -0.2) is 31.7 Å². The third kappa shape index (κ3) is 3.64. The number of nitrogens with one attached hydrogen (secondary N) is 1. The van der Waals surface area contributed by atoms with Crippen LogP contribution >= 0.6 is 0 Å². The molecule has 2 unspecified atom stereocenters. The first-order valence-electron chi connectivity index (χ1n) is 5.28. The Kier molecular flexibility index (Phi) is 4.90. The fraction of sp³-hybridized carbons (Fsp3) is 0.900. The van der Waals surface area contributed by atoms with E-state index in [9.17, 15) is 4.79 Å². The molecule has 0 saturated heterocycles. The molecular formula is C10H20N2O2. The number of methoxy groups -OCH3 is 1. The first-order chi connectivity index (χ1) is 6.74. The number of carbonyl (C=O) groups excluding carboxylic acids is 1. The van der Waals surface area contributed by atoms with Gasteiger partial charge in [0.05, 0.1) is 0 Å². The second kappa shape index (κ2) is 5.98. The van der Waals surface area contributed by atoms with Crippen LogP contribution in [0.15, 0.2) is 0 Å². The predicted octanol–water partition coefficient (Wildman–Crippen LogP) is 0.409. The van der Waals surface area contributed by atoms with E-state index < -0.39 is 0 Å². The monoisotopic (exact) mass is 200 g/mol. The minimum absolute atomic E-state index is 0.101. The van der Waals surface area contributed by atoms with Gasteiger partial charge in [0.15, 0.2) is 0 Å². The van der Waals surface area contributed by atoms with Gasteiger partial charge in [0.2, 0.25) is 5.91 Å². The van der Waals surface area contributed by atoms with Crippen LogP contribution < -0.4 is 11.1 Å². The lowest BCUT2D eigenvalue weighted by Crippen LogP contribution is -2.43. The van der Waals surface area contributed by atoms with Crippen LogP contribution in [-0.2, 0) is 9.53 Å². The van der Waals surface area contributed by atoms with Gasteiger partial charge in [-0.15, -0.1) is 0 Å². The van der Waals surface area contributed by atoms with Gasteiger partial charge in [0.1, 0.15) is 0 Å². The zero-order valence-electron chi connectivity index (χ0n) is 8.79. The maximum absolute atomic E-state index is 11.4. The minimum atomic E-state index is 0.101. The zero-order chi connectivity index (χ0) is 10.4. The molecular weight excluding hydrogens is 180 g/mol. The molecule has 14 heavy (non-hydrogen) atoms. The summed E-state index contributed by atoms with van der Waals surface area (Å²) in [6, 6.07) is 0.353. The summed E-state index contributed by atoms with van der Waals surface area (Å²) in [6.45, 7) is 0.643. The van der Waals surface area contributed by atoms with Crippen molar-refractivity contribution >= 4 is 5.91 Å². The first-order valence-corrected chi connectivity index (χ1v) is 5.28. The highest BCUT2D eigenvalue weighted by Crippen LogP contribution is 2.16. The summed E-state index contributed by atoms with van der Waals surface area (Å²) < 4.78 is 4.88. The van der Waals surface area contributed by atoms with Crippen molar-refractivity contribution < 1.29 is 9.53 Å². The molecule has 82 valence electrons. The average molecular weight is 200 g/mol. The molecule has 0 bridgehead atoms. The Bertz CT molecular complexity index is 185. The summed E-state index contributed by atoms with van der Waals surface area (Å²) in [7, 11) is 1.64. The van der Waals surface area contributed by atoms with Crippen LogP contribution in [0.1, 0.15) is 32.1 Å². The predicted molar refractivity (Wildman–Crippen MR) is 54.9 cm³/mol. The van der Waals surface area contributed by atoms with Gasteiger partial charge >= 0.3 is 0 Å². The summed E-state index contributed by atoms with van der Waals surface area (Å²) in [5, 5.41) is 2.97. The Hall–Kier alpha value is -0.610. The fourth-order valence-corrected chi connectivity index (χ4v) is 1.82. The van der Waals surface area contributed by atoms with E-state index in [2.05, 4.69) is 5.32 Å². The van der Waals surface area contributed by atoms with Gasteiger partial charge in [-0.05, 0) is 25.7 Å². The highest BCUT2D eigenvalue weighted by Gasteiger charge is 2.24. The molecule has 0 aromatic carbocycles. The molecule has 1 rings (SSSR count). The van der Waals surface area contributed by atoms with Gasteiger partial charge in [-0.2, -0.15) is 0 Å². The Morgan fingerprint density at radius 1 is 1.57 bits per heavy atom. The van der Waals surface area contributed by atoms with Crippen LogP contribution in [0.4, 0.5) is 0 Å². The minimum Gasteiger partial charge on any atom is -0.385 e. The van der Waals surface area contributed by atoms with Crippen LogP contribution in [0.25, 0.3) is 0 Å². The van der Waals surface area contributed by atoms with Gasteiger partial charge < -0.3 is 15.8 Å². The Morgan fingerprint density at radius 3 is 2.93 bits per heavy atom. The van der Waals surface area contributed by atoms with E-state index in [1.165, 1.54) is 0 Å². The maximum Gasteiger partial charge on any atom is 0.220 e. The molecule has 4 nitrogen and oxygen atoms in total. The van der Waals surface area contributed by atoms with Crippen molar-refractivity contribution in [2.75, 3.05) is 13.7 Å². The molecule has 0 heterocycles. The highest BCUT2D eigenvalue weighted by atomic mass is 16.5. The van der Waals surface area contributed by atoms with Crippen LogP contribution in [0.2, 0.25) is 0 Å². The third-order valence-electron chi connectivity index (χ3n) is 2.67. The molecule has 1 aliphatic rings. The molecule has 1 saturated carbocycles. The van der Waals surface area contributed by atoms with Crippen molar-refractivity contribution in [1.29, 1.82) is 0 Å². The number of carbonyl (C=O) groups is 1. The van der Waals surface area contributed by atoms with E-state index in [0.29, 0.717) is 13.0 Å². The first kappa shape index (κ1) is 11.5. The van der Waals surface area contributed by atoms with Crippen molar-refractivity contribution in [2.45, 2.75) is 44.2 Å². The van der Waals surface area contributed by atoms with E-state index in [1.54, 1.807) is 7.11 Å². The number of hydrogen-bond acceptors (Lipinski definition) is 3. The zero-order valence-corrected chi connectivity index (χ0v) is 8.79. The molecule has 3 N–H and O–H groups in total. The number of ether oxygens (including phenoxy) is 1. The lowest BCUT2D eigenvalue weighted by molar-refractivity contribution is -0.122. The largest absolute Gasteiger partial charge is 0.385 e. The number of hydrogen-bond donors (Lipinski definition) is 2. The summed E-state index contributed by atoms with van der Waals surface area (Å²) in [5.74, 6) is 0.101. The standard InChI is InChI=1S/C10H20N2O2/c1-14-7-3-6-10(13)12-9-5-2-4-8(9)11/h8-9H,2-7,11H2,1H3,(H,12,13). The van der Waals surface area contributed by atoms with Crippen LogP contribution in [0.5, 0.6) is 0 Å². The summed E-state index contributed by atoms with van der Waals surface area (Å²) in [4.78, 5) is 11.4. The van der Waals surface area contributed by atoms with E-state index in [-0.39, 0.29) is 18.0 Å². The van der Waals surface area contributed by atoms with Gasteiger partial charge in [0.25, 0.3) is 0 Å². The van der Waals surface area contributed by atoms with Gasteiger partial charge in [-0.3, -0.25) is 4.79 Å². The van der Waals surface area contributed by atoms with Gasteiger partial charge in [0, 0.05) is 32.2 Å². The molecule has 0 aromatic rings. The second-order valence-corrected chi connectivity index (χ2v) is 3.87. The SMILES string of the molecule is COCCCC(=O)NC1CCCC1N. The lowest BCUT2D eigenvalue weighted by atomic mass is 10.2. The Morgan fingerprint density at radius 2 is 2.36 bits per heavy atom. The van der Waals surface area contributed by atoms with E-state index in [1.807, 2.05) is 0 Å². The normalized spacial score (nSPS) is 26.4. The van der Waals surface area contributed by atoms with Gasteiger partial charge in [-0.1, -0.05) is 0 Å². The molecule has 1 fully saturated rings. The summed E-state index contributed by atoms with van der Waals surface area (Å²) in [5.41, 5.74) is 5.84. The molecule has 1 amide bonds. The number of amides is 1. The summed E-state index contributed by atoms with van der Waals surface area (Å²) in [6.07, 6.45) is 4.51. The molecule has 0 spiro atoms. The smallest absolute Gasteiger partial charge is 0.220 e. The molecule has 0 radical (unpaired) electrons. The van der Waals surface area contributed by atoms with Crippen molar-refractivity contribution in [3.8, 4) is 0 Å². The van der Waals surface area contributed by atoms with Crippen LogP contribution in [0.3, 0.4) is 0 Å². The van der Waals surface area contributed by atoms with Crippen LogP contribution in [0, 0.1) is 0 Å². The molecule has 0 aliphatic heterocycles. The summed E-state index contributed by atoms with van der Waals surface area (Å²) >= 11 is 0. The van der Waals surface area contributed by atoms with Crippen molar-refractivity contribution in [1.82, 2.24) is 5.32 Å². The average Bonchev–Trinajstić information content (AvgIpc) is 2.52. The Balaban J connectivity index is 2.13. The van der Waals surface area contributed by atoms with E-state index in [0.717, 1.165) is 25.7 Å². The van der Waals surface area contributed by atoms with Gasteiger partial charge in [-0.25, -0.2) is 0 Å². The molecule has 0 aromatic heterocycles.